The Labute approximate surface area is 205 Å². The Morgan fingerprint density at radius 2 is 1.71 bits per heavy atom. The highest BCUT2D eigenvalue weighted by atomic mass is 32.2. The molecule has 2 aromatic carbocycles. The van der Waals surface area contributed by atoms with E-state index in [1.807, 2.05) is 47.9 Å². The highest BCUT2D eigenvalue weighted by molar-refractivity contribution is 7.89. The molecule has 1 amide bonds. The number of nitrogens with one attached hydrogen (secondary N) is 1. The molecule has 9 heteroatoms. The Balaban J connectivity index is 1.67. The van der Waals surface area contributed by atoms with Crippen LogP contribution >= 0.6 is 0 Å². The molecule has 35 heavy (non-hydrogen) atoms. The molecule has 1 N–H and O–H groups in total. The van der Waals surface area contributed by atoms with E-state index in [0.29, 0.717) is 30.8 Å². The van der Waals surface area contributed by atoms with E-state index < -0.39 is 10.0 Å². The van der Waals surface area contributed by atoms with E-state index in [1.165, 1.54) is 18.4 Å². The third-order valence-corrected chi connectivity index (χ3v) is 7.47. The lowest BCUT2D eigenvalue weighted by Gasteiger charge is -2.13. The first-order valence-electron chi connectivity index (χ1n) is 11.2. The molecule has 2 aromatic heterocycles. The van der Waals surface area contributed by atoms with Gasteiger partial charge in [0.15, 0.2) is 0 Å². The number of benzene rings is 2. The van der Waals surface area contributed by atoms with E-state index in [-0.39, 0.29) is 10.8 Å². The van der Waals surface area contributed by atoms with Crippen molar-refractivity contribution in [3.63, 3.8) is 0 Å². The van der Waals surface area contributed by atoms with Crippen molar-refractivity contribution in [2.45, 2.75) is 24.9 Å². The molecule has 0 atom stereocenters. The monoisotopic (exact) mass is 492 g/mol. The summed E-state index contributed by atoms with van der Waals surface area (Å²) in [6.45, 7) is 3.31. The van der Waals surface area contributed by atoms with E-state index in [9.17, 15) is 13.2 Å². The lowest BCUT2D eigenvalue weighted by atomic mass is 10.2. The number of aromatic nitrogens is 2. The molecule has 4 rings (SSSR count). The number of fused-ring (bicyclic) bond motifs is 1. The predicted octanol–water partition coefficient (Wildman–Crippen LogP) is 3.66. The summed E-state index contributed by atoms with van der Waals surface area (Å²) in [5.74, 6) is 0.532. The van der Waals surface area contributed by atoms with Crippen LogP contribution < -0.4 is 10.1 Å². The van der Waals surface area contributed by atoms with Crippen LogP contribution in [0.1, 0.15) is 28.5 Å². The summed E-state index contributed by atoms with van der Waals surface area (Å²) >= 11 is 0. The normalized spacial score (nSPS) is 11.7. The Morgan fingerprint density at radius 1 is 1.00 bits per heavy atom. The first-order valence-corrected chi connectivity index (χ1v) is 12.7. The number of sulfonamides is 1. The second-order valence-corrected chi connectivity index (χ2v) is 10.4. The summed E-state index contributed by atoms with van der Waals surface area (Å²) in [4.78, 5) is 17.5. The summed E-state index contributed by atoms with van der Waals surface area (Å²) in [7, 11) is -0.612. The quantitative estimate of drug-likeness (QED) is 0.385. The largest absolute Gasteiger partial charge is 0.494 e. The Kier molecular flexibility index (Phi) is 7.18. The second kappa shape index (κ2) is 10.3. The number of nitrogens with zero attached hydrogens (tertiary/aromatic N) is 3. The molecule has 2 heterocycles. The molecule has 0 unspecified atom stereocenters. The van der Waals surface area contributed by atoms with Gasteiger partial charge < -0.3 is 14.6 Å². The fraction of sp³-hybridized carbons (Fsp3) is 0.231. The smallest absolute Gasteiger partial charge is 0.268 e. The fourth-order valence-corrected chi connectivity index (χ4v) is 4.73. The van der Waals surface area contributed by atoms with Crippen molar-refractivity contribution in [2.75, 3.05) is 20.7 Å². The standard InChI is InChI=1S/C26H28N4O4S/c1-4-34-22-7-5-19(6-8-22)17-28-26(31)25-16-21-15-23(35(32,33)29(2)3)9-10-24(21)30(25)18-20-11-13-27-14-12-20/h5-16H,4,17-18H2,1-3H3,(H,28,31). The van der Waals surface area contributed by atoms with Crippen LogP contribution in [-0.4, -0.2) is 48.9 Å². The zero-order valence-electron chi connectivity index (χ0n) is 19.9. The van der Waals surface area contributed by atoms with Crippen molar-refractivity contribution in [1.82, 2.24) is 19.2 Å². The molecule has 0 fully saturated rings. The average Bonchev–Trinajstić information content (AvgIpc) is 3.22. The van der Waals surface area contributed by atoms with Gasteiger partial charge in [0.2, 0.25) is 10.0 Å². The van der Waals surface area contributed by atoms with E-state index in [4.69, 9.17) is 4.74 Å². The maximum Gasteiger partial charge on any atom is 0.268 e. The maximum atomic E-state index is 13.3. The van der Waals surface area contributed by atoms with Crippen molar-refractivity contribution in [2.24, 2.45) is 0 Å². The van der Waals surface area contributed by atoms with Gasteiger partial charge in [-0.2, -0.15) is 0 Å². The highest BCUT2D eigenvalue weighted by Gasteiger charge is 2.21. The van der Waals surface area contributed by atoms with Gasteiger partial charge in [-0.15, -0.1) is 0 Å². The summed E-state index contributed by atoms with van der Waals surface area (Å²) in [6, 6.07) is 18.0. The minimum absolute atomic E-state index is 0.178. The number of carbonyl (C=O) groups excluding carboxylic acids is 1. The summed E-state index contributed by atoms with van der Waals surface area (Å²) < 4.78 is 33.8. The van der Waals surface area contributed by atoms with Crippen LogP contribution in [-0.2, 0) is 23.1 Å². The molecule has 0 saturated heterocycles. The second-order valence-electron chi connectivity index (χ2n) is 8.24. The molecule has 8 nitrogen and oxygen atoms in total. The number of ether oxygens (including phenoxy) is 1. The van der Waals surface area contributed by atoms with Crippen molar-refractivity contribution in [1.29, 1.82) is 0 Å². The van der Waals surface area contributed by atoms with Crippen LogP contribution in [0.25, 0.3) is 10.9 Å². The summed E-state index contributed by atoms with van der Waals surface area (Å²) in [5, 5.41) is 3.65. The van der Waals surface area contributed by atoms with Crippen LogP contribution in [0.3, 0.4) is 0 Å². The van der Waals surface area contributed by atoms with Gasteiger partial charge in [0.05, 0.1) is 11.5 Å². The van der Waals surface area contributed by atoms with Crippen LogP contribution in [0, 0.1) is 0 Å². The van der Waals surface area contributed by atoms with Crippen molar-refractivity contribution in [3.05, 3.63) is 89.9 Å². The van der Waals surface area contributed by atoms with Crippen molar-refractivity contribution in [3.8, 4) is 5.75 Å². The molecule has 0 aliphatic rings. The van der Waals surface area contributed by atoms with Gasteiger partial charge >= 0.3 is 0 Å². The van der Waals surface area contributed by atoms with Crippen molar-refractivity contribution < 1.29 is 17.9 Å². The minimum Gasteiger partial charge on any atom is -0.494 e. The van der Waals surface area contributed by atoms with E-state index in [1.54, 1.807) is 36.7 Å². The molecular formula is C26H28N4O4S. The van der Waals surface area contributed by atoms with Gasteiger partial charge in [0.1, 0.15) is 11.4 Å². The zero-order chi connectivity index (χ0) is 25.0. The number of rotatable bonds is 9. The highest BCUT2D eigenvalue weighted by Crippen LogP contribution is 2.26. The van der Waals surface area contributed by atoms with E-state index in [2.05, 4.69) is 10.3 Å². The third kappa shape index (κ3) is 5.36. The topological polar surface area (TPSA) is 93.5 Å². The van der Waals surface area contributed by atoms with Gasteiger partial charge in [-0.3, -0.25) is 9.78 Å². The Hall–Kier alpha value is -3.69. The first kappa shape index (κ1) is 24.4. The van der Waals surface area contributed by atoms with Crippen LogP contribution in [0.4, 0.5) is 0 Å². The van der Waals surface area contributed by atoms with Gasteiger partial charge in [-0.05, 0) is 66.6 Å². The molecule has 0 spiro atoms. The lowest BCUT2D eigenvalue weighted by Crippen LogP contribution is -2.25. The molecular weight excluding hydrogens is 464 g/mol. The summed E-state index contributed by atoms with van der Waals surface area (Å²) in [5.41, 5.74) is 3.13. The average molecular weight is 493 g/mol. The molecule has 4 aromatic rings. The minimum atomic E-state index is -3.60. The van der Waals surface area contributed by atoms with Crippen LogP contribution in [0.2, 0.25) is 0 Å². The van der Waals surface area contributed by atoms with Gasteiger partial charge in [0, 0.05) is 50.5 Å². The lowest BCUT2D eigenvalue weighted by molar-refractivity contribution is 0.0942. The maximum absolute atomic E-state index is 13.3. The van der Waals surface area contributed by atoms with Crippen LogP contribution in [0.15, 0.2) is 78.0 Å². The molecule has 0 saturated carbocycles. The molecule has 182 valence electrons. The SMILES string of the molecule is CCOc1ccc(CNC(=O)c2cc3cc(S(=O)(=O)N(C)C)ccc3n2Cc2ccncc2)cc1. The molecule has 0 aliphatic carbocycles. The van der Waals surface area contributed by atoms with Gasteiger partial charge in [0.25, 0.3) is 5.91 Å². The molecule has 0 bridgehead atoms. The number of hydrogen-bond donors (Lipinski definition) is 1. The number of hydrogen-bond acceptors (Lipinski definition) is 5. The zero-order valence-corrected chi connectivity index (χ0v) is 20.7. The summed E-state index contributed by atoms with van der Waals surface area (Å²) in [6.07, 6.45) is 3.41. The predicted molar refractivity (Wildman–Crippen MR) is 135 cm³/mol. The number of pyridine rings is 1. The van der Waals surface area contributed by atoms with Gasteiger partial charge in [-0.1, -0.05) is 12.1 Å². The molecule has 0 aliphatic heterocycles. The van der Waals surface area contributed by atoms with E-state index >= 15 is 0 Å². The van der Waals surface area contributed by atoms with Crippen molar-refractivity contribution >= 4 is 26.8 Å². The van der Waals surface area contributed by atoms with Crippen LogP contribution in [0.5, 0.6) is 5.75 Å². The Morgan fingerprint density at radius 3 is 2.37 bits per heavy atom. The van der Waals surface area contributed by atoms with E-state index in [0.717, 1.165) is 22.4 Å². The fourth-order valence-electron chi connectivity index (χ4n) is 3.79. The van der Waals surface area contributed by atoms with Gasteiger partial charge in [-0.25, -0.2) is 12.7 Å². The molecule has 0 radical (unpaired) electrons. The number of carbonyl (C=O) groups is 1. The Bertz CT molecular complexity index is 1430. The number of amides is 1. The first-order chi connectivity index (χ1) is 16.8. The third-order valence-electron chi connectivity index (χ3n) is 5.66.